The third-order valence-electron chi connectivity index (χ3n) is 6.49. The molecule has 7 nitrogen and oxygen atoms in total. The van der Waals surface area contributed by atoms with Crippen LogP contribution in [0, 0.1) is 23.7 Å². The van der Waals surface area contributed by atoms with E-state index in [0.29, 0.717) is 11.5 Å². The molecular weight excluding hydrogens is 488 g/mol. The molecule has 8 heteroatoms. The van der Waals surface area contributed by atoms with Crippen LogP contribution in [0.2, 0.25) is 0 Å². The van der Waals surface area contributed by atoms with Gasteiger partial charge in [-0.2, -0.15) is 4.31 Å². The monoisotopic (exact) mass is 526 g/mol. The predicted octanol–water partition coefficient (Wildman–Crippen LogP) is 3.55. The third kappa shape index (κ3) is 7.35. The Hall–Kier alpha value is -2.86. The number of fused-ring (bicyclic) bond motifs is 1. The summed E-state index contributed by atoms with van der Waals surface area (Å²) in [6.45, 7) is 7.91. The Morgan fingerprint density at radius 2 is 1.89 bits per heavy atom. The number of likely N-dealkylation sites (N-methyl/N-ethyl adjacent to an activating group) is 1. The molecule has 0 unspecified atom stereocenters. The van der Waals surface area contributed by atoms with Crippen LogP contribution < -0.4 is 4.74 Å². The van der Waals surface area contributed by atoms with Crippen LogP contribution in [0.4, 0.5) is 0 Å². The number of aliphatic hydroxyl groups excluding tert-OH is 1. The Morgan fingerprint density at radius 3 is 2.54 bits per heavy atom. The molecule has 3 atom stereocenters. The van der Waals surface area contributed by atoms with Crippen LogP contribution in [0.15, 0.2) is 53.4 Å². The maximum atomic E-state index is 13.6. The van der Waals surface area contributed by atoms with Crippen molar-refractivity contribution >= 4 is 15.9 Å². The second-order valence-electron chi connectivity index (χ2n) is 10.2. The fourth-order valence-electron chi connectivity index (χ4n) is 4.16. The lowest BCUT2D eigenvalue weighted by Crippen LogP contribution is -2.50. The van der Waals surface area contributed by atoms with Crippen LogP contribution in [0.5, 0.6) is 5.75 Å². The summed E-state index contributed by atoms with van der Waals surface area (Å²) in [6.07, 6.45) is 0.532. The number of hydrogen-bond acceptors (Lipinski definition) is 5. The van der Waals surface area contributed by atoms with E-state index in [1.807, 2.05) is 37.3 Å². The molecule has 0 spiro atoms. The van der Waals surface area contributed by atoms with E-state index in [4.69, 9.17) is 4.74 Å². The van der Waals surface area contributed by atoms with Gasteiger partial charge in [0.15, 0.2) is 0 Å². The van der Waals surface area contributed by atoms with E-state index < -0.39 is 22.2 Å². The van der Waals surface area contributed by atoms with Crippen molar-refractivity contribution in [2.24, 2.45) is 11.8 Å². The topological polar surface area (TPSA) is 87.2 Å². The summed E-state index contributed by atoms with van der Waals surface area (Å²) >= 11 is 0. The first-order valence-electron chi connectivity index (χ1n) is 12.7. The number of benzene rings is 2. The van der Waals surface area contributed by atoms with E-state index in [9.17, 15) is 18.3 Å². The predicted molar refractivity (Wildman–Crippen MR) is 145 cm³/mol. The number of carbonyl (C=O) groups is 1. The Labute approximate surface area is 221 Å². The number of carbonyl (C=O) groups excluding carboxylic acids is 1. The normalized spacial score (nSPS) is 20.0. The summed E-state index contributed by atoms with van der Waals surface area (Å²) in [5.74, 6) is 6.58. The number of amides is 1. The Bertz CT molecular complexity index is 1230. The van der Waals surface area contributed by atoms with Gasteiger partial charge >= 0.3 is 0 Å². The second kappa shape index (κ2) is 12.6. The van der Waals surface area contributed by atoms with Gasteiger partial charge in [-0.15, -0.1) is 0 Å². The fraction of sp³-hybridized carbons (Fsp3) is 0.483. The van der Waals surface area contributed by atoms with Gasteiger partial charge in [0.1, 0.15) is 16.7 Å². The van der Waals surface area contributed by atoms with Crippen molar-refractivity contribution in [1.82, 2.24) is 9.21 Å². The van der Waals surface area contributed by atoms with Crippen molar-refractivity contribution in [1.29, 1.82) is 0 Å². The molecule has 0 radical (unpaired) electrons. The van der Waals surface area contributed by atoms with E-state index in [1.165, 1.54) is 10.4 Å². The lowest BCUT2D eigenvalue weighted by Gasteiger charge is -2.37. The molecule has 0 fully saturated rings. The minimum absolute atomic E-state index is 0.0392. The highest BCUT2D eigenvalue weighted by molar-refractivity contribution is 7.89. The summed E-state index contributed by atoms with van der Waals surface area (Å²) in [4.78, 5) is 14.6. The van der Waals surface area contributed by atoms with Gasteiger partial charge in [0.25, 0.3) is 0 Å². The molecule has 1 heterocycles. The molecular formula is C29H38N2O5S. The van der Waals surface area contributed by atoms with E-state index in [2.05, 4.69) is 25.7 Å². The molecule has 3 rings (SSSR count). The highest BCUT2D eigenvalue weighted by atomic mass is 32.2. The zero-order valence-electron chi connectivity index (χ0n) is 22.3. The fourth-order valence-corrected chi connectivity index (χ4v) is 5.98. The first-order valence-corrected chi connectivity index (χ1v) is 14.2. The largest absolute Gasteiger partial charge is 0.487 e. The molecule has 0 saturated heterocycles. The van der Waals surface area contributed by atoms with Gasteiger partial charge in [0.05, 0.1) is 19.6 Å². The minimum Gasteiger partial charge on any atom is -0.487 e. The number of aliphatic hydroxyl groups is 1. The highest BCUT2D eigenvalue weighted by Gasteiger charge is 2.38. The van der Waals surface area contributed by atoms with E-state index in [1.54, 1.807) is 31.0 Å². The first kappa shape index (κ1) is 28.7. The molecule has 1 aliphatic rings. The second-order valence-corrected chi connectivity index (χ2v) is 12.1. The Balaban J connectivity index is 1.95. The lowest BCUT2D eigenvalue weighted by molar-refractivity contribution is -0.130. The molecule has 2 aromatic carbocycles. The summed E-state index contributed by atoms with van der Waals surface area (Å²) in [5, 5.41) is 9.82. The van der Waals surface area contributed by atoms with Gasteiger partial charge in [-0.1, -0.05) is 62.9 Å². The Morgan fingerprint density at radius 1 is 1.19 bits per heavy atom. The smallest absolute Gasteiger partial charge is 0.247 e. The standard InChI is InChI=1S/C29H38N2O5S/c1-21(2)10-9-13-25-14-15-28-26(16-25)36-27(22(3)18-31(23(4)20-32)37(28,34)35)19-30(5)29(33)17-24-11-7-6-8-12-24/h6-8,11-12,14-16,21-23,27,32H,10,17-20H2,1-5H3/t22-,23-,27+/m1/s1. The average Bonchev–Trinajstić information content (AvgIpc) is 2.86. The molecule has 0 bridgehead atoms. The molecule has 37 heavy (non-hydrogen) atoms. The van der Waals surface area contributed by atoms with Gasteiger partial charge in [-0.05, 0) is 36.6 Å². The van der Waals surface area contributed by atoms with Crippen LogP contribution in [-0.2, 0) is 21.2 Å². The summed E-state index contributed by atoms with van der Waals surface area (Å²) < 4.78 is 34.9. The van der Waals surface area contributed by atoms with Crippen LogP contribution in [0.3, 0.4) is 0 Å². The molecule has 0 aliphatic carbocycles. The van der Waals surface area contributed by atoms with Crippen molar-refractivity contribution in [3.8, 4) is 17.6 Å². The average molecular weight is 527 g/mol. The maximum Gasteiger partial charge on any atom is 0.247 e. The van der Waals surface area contributed by atoms with Crippen molar-refractivity contribution in [3.05, 3.63) is 59.7 Å². The van der Waals surface area contributed by atoms with Crippen LogP contribution in [0.1, 0.15) is 45.2 Å². The zero-order chi connectivity index (χ0) is 27.2. The van der Waals surface area contributed by atoms with Crippen molar-refractivity contribution in [2.45, 2.75) is 57.6 Å². The van der Waals surface area contributed by atoms with Gasteiger partial charge < -0.3 is 14.7 Å². The lowest BCUT2D eigenvalue weighted by atomic mass is 10.0. The molecule has 1 aliphatic heterocycles. The molecule has 1 amide bonds. The number of sulfonamides is 1. The minimum atomic E-state index is -3.93. The molecule has 2 aromatic rings. The SMILES string of the molecule is CC(C)CC#Cc1ccc2c(c1)O[C@@H](CN(C)C(=O)Cc1ccccc1)[C@H](C)CN([C@H](C)CO)S2(=O)=O. The van der Waals surface area contributed by atoms with Gasteiger partial charge in [0, 0.05) is 37.5 Å². The van der Waals surface area contributed by atoms with Crippen LogP contribution >= 0.6 is 0 Å². The number of rotatable bonds is 7. The van der Waals surface area contributed by atoms with Crippen LogP contribution in [0.25, 0.3) is 0 Å². The summed E-state index contributed by atoms with van der Waals surface area (Å²) in [7, 11) is -2.19. The Kier molecular flexibility index (Phi) is 9.77. The van der Waals surface area contributed by atoms with Gasteiger partial charge in [-0.3, -0.25) is 4.79 Å². The van der Waals surface area contributed by atoms with Gasteiger partial charge in [-0.25, -0.2) is 8.42 Å². The number of ether oxygens (including phenoxy) is 1. The van der Waals surface area contributed by atoms with Crippen molar-refractivity contribution in [2.75, 3.05) is 26.7 Å². The first-order chi connectivity index (χ1) is 17.5. The third-order valence-corrected chi connectivity index (χ3v) is 8.51. The maximum absolute atomic E-state index is 13.6. The molecule has 1 N–H and O–H groups in total. The molecule has 200 valence electrons. The van der Waals surface area contributed by atoms with E-state index in [0.717, 1.165) is 12.0 Å². The molecule has 0 saturated carbocycles. The summed E-state index contributed by atoms with van der Waals surface area (Å²) in [6, 6.07) is 13.8. The van der Waals surface area contributed by atoms with Gasteiger partial charge in [0.2, 0.25) is 15.9 Å². The number of hydrogen-bond donors (Lipinski definition) is 1. The summed E-state index contributed by atoms with van der Waals surface area (Å²) in [5.41, 5.74) is 1.59. The van der Waals surface area contributed by atoms with Crippen molar-refractivity contribution < 1.29 is 23.1 Å². The zero-order valence-corrected chi connectivity index (χ0v) is 23.2. The highest BCUT2D eigenvalue weighted by Crippen LogP contribution is 2.34. The number of nitrogens with zero attached hydrogens (tertiary/aromatic N) is 2. The molecule has 0 aromatic heterocycles. The van der Waals surface area contributed by atoms with E-state index >= 15 is 0 Å². The van der Waals surface area contributed by atoms with E-state index in [-0.39, 0.29) is 48.6 Å². The van der Waals surface area contributed by atoms with Crippen LogP contribution in [-0.4, -0.2) is 67.5 Å². The quantitative estimate of drug-likeness (QED) is 0.558. The van der Waals surface area contributed by atoms with Crippen molar-refractivity contribution in [3.63, 3.8) is 0 Å².